The van der Waals surface area contributed by atoms with E-state index in [2.05, 4.69) is 36.7 Å². The van der Waals surface area contributed by atoms with Crippen molar-refractivity contribution < 1.29 is 23.2 Å². The quantitative estimate of drug-likeness (QED) is 0.484. The van der Waals surface area contributed by atoms with Crippen molar-refractivity contribution in [3.8, 4) is 17.1 Å². The van der Waals surface area contributed by atoms with Crippen molar-refractivity contribution in [3.63, 3.8) is 0 Å². The number of carbonyl (C=O) groups is 2. The van der Waals surface area contributed by atoms with Gasteiger partial charge in [0.25, 0.3) is 5.91 Å². The van der Waals surface area contributed by atoms with Gasteiger partial charge in [-0.1, -0.05) is 27.2 Å². The van der Waals surface area contributed by atoms with E-state index in [1.54, 1.807) is 25.1 Å². The third-order valence-electron chi connectivity index (χ3n) is 3.91. The summed E-state index contributed by atoms with van der Waals surface area (Å²) >= 11 is 3.34. The molecule has 10 heteroatoms. The topological polar surface area (TPSA) is 106 Å². The van der Waals surface area contributed by atoms with Gasteiger partial charge >= 0.3 is 11.8 Å². The van der Waals surface area contributed by atoms with Crippen LogP contribution in [0.2, 0.25) is 0 Å². The predicted molar refractivity (Wildman–Crippen MR) is 109 cm³/mol. The van der Waals surface area contributed by atoms with Gasteiger partial charge in [-0.15, -0.1) is 0 Å². The van der Waals surface area contributed by atoms with E-state index in [9.17, 15) is 14.0 Å². The van der Waals surface area contributed by atoms with Crippen LogP contribution < -0.4 is 15.4 Å². The highest BCUT2D eigenvalue weighted by Gasteiger charge is 2.17. The molecule has 1 heterocycles. The molecule has 156 valence electrons. The van der Waals surface area contributed by atoms with E-state index in [0.717, 1.165) is 4.47 Å². The first-order valence-electron chi connectivity index (χ1n) is 9.00. The van der Waals surface area contributed by atoms with Crippen LogP contribution in [0.5, 0.6) is 5.75 Å². The van der Waals surface area contributed by atoms with Gasteiger partial charge < -0.3 is 19.9 Å². The summed E-state index contributed by atoms with van der Waals surface area (Å²) in [6.45, 7) is 1.97. The van der Waals surface area contributed by atoms with Crippen LogP contribution >= 0.6 is 15.9 Å². The molecule has 0 aliphatic carbocycles. The molecule has 0 saturated heterocycles. The van der Waals surface area contributed by atoms with Crippen molar-refractivity contribution in [1.82, 2.24) is 20.8 Å². The van der Waals surface area contributed by atoms with Gasteiger partial charge in [-0.2, -0.15) is 4.98 Å². The van der Waals surface area contributed by atoms with Gasteiger partial charge in [-0.05, 0) is 49.4 Å². The fourth-order valence-corrected chi connectivity index (χ4v) is 2.79. The third-order valence-corrected chi connectivity index (χ3v) is 4.40. The molecule has 3 aromatic rings. The van der Waals surface area contributed by atoms with E-state index >= 15 is 0 Å². The maximum Gasteiger partial charge on any atom is 0.316 e. The van der Waals surface area contributed by atoms with Gasteiger partial charge in [0, 0.05) is 23.1 Å². The highest BCUT2D eigenvalue weighted by molar-refractivity contribution is 9.10. The van der Waals surface area contributed by atoms with E-state index in [1.165, 1.54) is 24.3 Å². The molecule has 2 N–H and O–H groups in total. The van der Waals surface area contributed by atoms with Crippen molar-refractivity contribution in [2.75, 3.05) is 13.1 Å². The monoisotopic (exact) mass is 476 g/mol. The van der Waals surface area contributed by atoms with E-state index < -0.39 is 17.8 Å². The lowest BCUT2D eigenvalue weighted by Crippen LogP contribution is -2.40. The van der Waals surface area contributed by atoms with Gasteiger partial charge in [0.2, 0.25) is 5.82 Å². The number of aromatic nitrogens is 2. The molecule has 2 aromatic carbocycles. The van der Waals surface area contributed by atoms with Gasteiger partial charge in [0.05, 0.1) is 0 Å². The fraction of sp³-hybridized carbons (Fsp3) is 0.200. The Morgan fingerprint density at radius 2 is 1.90 bits per heavy atom. The van der Waals surface area contributed by atoms with E-state index in [-0.39, 0.29) is 30.7 Å². The highest BCUT2D eigenvalue weighted by Crippen LogP contribution is 2.19. The Bertz CT molecular complexity index is 1030. The smallest absolute Gasteiger partial charge is 0.316 e. The number of rotatable bonds is 8. The normalized spacial score (nSPS) is 11.6. The predicted octanol–water partition coefficient (Wildman–Crippen LogP) is 2.95. The first-order valence-corrected chi connectivity index (χ1v) is 9.79. The Balaban J connectivity index is 1.42. The van der Waals surface area contributed by atoms with Crippen LogP contribution in [-0.4, -0.2) is 41.1 Å². The SMILES string of the molecule is C[C@@H](Oc1cccc(Br)c1)C(=O)NCCNC(=O)c1nc(-c2ccc(F)cc2)no1. The Morgan fingerprint density at radius 3 is 2.63 bits per heavy atom. The number of benzene rings is 2. The molecule has 1 aromatic heterocycles. The highest BCUT2D eigenvalue weighted by atomic mass is 79.9. The molecule has 2 amide bonds. The zero-order valence-electron chi connectivity index (χ0n) is 15.9. The number of amides is 2. The number of halogens is 2. The van der Waals surface area contributed by atoms with E-state index in [4.69, 9.17) is 9.26 Å². The van der Waals surface area contributed by atoms with Crippen LogP contribution in [0.15, 0.2) is 57.5 Å². The molecular weight excluding hydrogens is 459 g/mol. The summed E-state index contributed by atoms with van der Waals surface area (Å²) in [7, 11) is 0. The molecule has 1 atom stereocenters. The Hall–Kier alpha value is -3.27. The Labute approximate surface area is 179 Å². The van der Waals surface area contributed by atoms with Gasteiger partial charge in [0.15, 0.2) is 6.10 Å². The maximum atomic E-state index is 13.0. The largest absolute Gasteiger partial charge is 0.481 e. The molecule has 0 bridgehead atoms. The number of nitrogens with one attached hydrogen (secondary N) is 2. The number of ether oxygens (including phenoxy) is 1. The maximum absolute atomic E-state index is 13.0. The standard InChI is InChI=1S/C20H18BrFN4O4/c1-12(29-16-4-2-3-14(21)11-16)18(27)23-9-10-24-19(28)20-25-17(26-30-20)13-5-7-15(22)8-6-13/h2-8,11-12H,9-10H2,1H3,(H,23,27)(H,24,28)/t12-/m1/s1. The van der Waals surface area contributed by atoms with Crippen LogP contribution in [-0.2, 0) is 4.79 Å². The first-order chi connectivity index (χ1) is 14.4. The average Bonchev–Trinajstić information content (AvgIpc) is 3.22. The number of carbonyl (C=O) groups excluding carboxylic acids is 2. The van der Waals surface area contributed by atoms with Crippen LogP contribution in [0.25, 0.3) is 11.4 Å². The molecular formula is C20H18BrFN4O4. The zero-order chi connectivity index (χ0) is 21.5. The second-order valence-corrected chi connectivity index (χ2v) is 7.11. The molecule has 8 nitrogen and oxygen atoms in total. The molecule has 0 fully saturated rings. The summed E-state index contributed by atoms with van der Waals surface area (Å²) in [5.74, 6) is -0.782. The summed E-state index contributed by atoms with van der Waals surface area (Å²) in [6.07, 6.45) is -0.704. The Kier molecular flexibility index (Phi) is 7.12. The van der Waals surface area contributed by atoms with Gasteiger partial charge in [0.1, 0.15) is 11.6 Å². The molecule has 0 aliphatic rings. The van der Waals surface area contributed by atoms with E-state index in [1.807, 2.05) is 6.07 Å². The van der Waals surface area contributed by atoms with Gasteiger partial charge in [-0.3, -0.25) is 9.59 Å². The summed E-state index contributed by atoms with van der Waals surface area (Å²) in [5, 5.41) is 8.94. The van der Waals surface area contributed by atoms with Crippen molar-refractivity contribution in [1.29, 1.82) is 0 Å². The summed E-state index contributed by atoms with van der Waals surface area (Å²) in [4.78, 5) is 28.2. The van der Waals surface area contributed by atoms with Gasteiger partial charge in [-0.25, -0.2) is 4.39 Å². The summed E-state index contributed by atoms with van der Waals surface area (Å²) in [5.41, 5.74) is 0.519. The second-order valence-electron chi connectivity index (χ2n) is 6.19. The minimum Gasteiger partial charge on any atom is -0.481 e. The first kappa shape index (κ1) is 21.4. The number of nitrogens with zero attached hydrogens (tertiary/aromatic N) is 2. The number of hydrogen-bond acceptors (Lipinski definition) is 6. The molecule has 0 spiro atoms. The molecule has 0 aliphatic heterocycles. The minimum atomic E-state index is -0.704. The molecule has 30 heavy (non-hydrogen) atoms. The van der Waals surface area contributed by atoms with E-state index in [0.29, 0.717) is 11.3 Å². The summed E-state index contributed by atoms with van der Waals surface area (Å²) < 4.78 is 24.3. The molecule has 0 unspecified atom stereocenters. The van der Waals surface area contributed by atoms with Crippen LogP contribution in [0.4, 0.5) is 4.39 Å². The Morgan fingerprint density at radius 1 is 1.17 bits per heavy atom. The fourth-order valence-electron chi connectivity index (χ4n) is 2.41. The van der Waals surface area contributed by atoms with Crippen LogP contribution in [0, 0.1) is 5.82 Å². The van der Waals surface area contributed by atoms with Crippen molar-refractivity contribution in [3.05, 3.63) is 64.7 Å². The lowest BCUT2D eigenvalue weighted by molar-refractivity contribution is -0.127. The number of hydrogen-bond donors (Lipinski definition) is 2. The van der Waals surface area contributed by atoms with Crippen LogP contribution in [0.3, 0.4) is 0 Å². The molecule has 0 saturated carbocycles. The lowest BCUT2D eigenvalue weighted by Gasteiger charge is -2.15. The molecule has 0 radical (unpaired) electrons. The van der Waals surface area contributed by atoms with Crippen molar-refractivity contribution in [2.24, 2.45) is 0 Å². The second kappa shape index (κ2) is 9.97. The van der Waals surface area contributed by atoms with Crippen molar-refractivity contribution >= 4 is 27.7 Å². The minimum absolute atomic E-state index is 0.155. The van der Waals surface area contributed by atoms with Crippen LogP contribution in [0.1, 0.15) is 17.6 Å². The average molecular weight is 477 g/mol. The molecule has 3 rings (SSSR count). The van der Waals surface area contributed by atoms with Crippen molar-refractivity contribution in [2.45, 2.75) is 13.0 Å². The zero-order valence-corrected chi connectivity index (χ0v) is 17.5. The third kappa shape index (κ3) is 5.86. The lowest BCUT2D eigenvalue weighted by atomic mass is 10.2. The summed E-state index contributed by atoms with van der Waals surface area (Å²) in [6, 6.07) is 12.6.